The van der Waals surface area contributed by atoms with E-state index >= 15 is 0 Å². The number of amidine groups is 1. The van der Waals surface area contributed by atoms with Gasteiger partial charge in [-0.2, -0.15) is 0 Å². The van der Waals surface area contributed by atoms with E-state index in [0.717, 1.165) is 62.4 Å². The van der Waals surface area contributed by atoms with Crippen LogP contribution in [-0.2, 0) is 0 Å². The lowest BCUT2D eigenvalue weighted by Crippen LogP contribution is -2.43. The van der Waals surface area contributed by atoms with Crippen LogP contribution in [-0.4, -0.2) is 11.9 Å². The van der Waals surface area contributed by atoms with Crippen molar-refractivity contribution in [3.63, 3.8) is 0 Å². The Morgan fingerprint density at radius 1 is 0.574 bits per heavy atom. The number of hydrogen-bond donors (Lipinski definition) is 0. The first-order chi connectivity index (χ1) is 26.8. The van der Waals surface area contributed by atoms with Crippen molar-refractivity contribution in [3.05, 3.63) is 217 Å². The van der Waals surface area contributed by atoms with Crippen LogP contribution in [0.2, 0.25) is 0 Å². The summed E-state index contributed by atoms with van der Waals surface area (Å²) in [6, 6.07) is 64.2. The Labute approximate surface area is 315 Å². The first-order valence-electron chi connectivity index (χ1n) is 18.6. The molecule has 4 heteroatoms. The number of hydrogen-bond acceptors (Lipinski definition) is 4. The van der Waals surface area contributed by atoms with E-state index in [1.165, 1.54) is 22.3 Å². The Hall–Kier alpha value is -6.91. The largest absolute Gasteiger partial charge is 0.454 e. The van der Waals surface area contributed by atoms with Gasteiger partial charge in [-0.25, -0.2) is 4.99 Å². The van der Waals surface area contributed by atoms with Gasteiger partial charge in [-0.05, 0) is 64.6 Å². The molecule has 2 atom stereocenters. The normalized spacial score (nSPS) is 16.6. The maximum absolute atomic E-state index is 6.95. The first-order valence-corrected chi connectivity index (χ1v) is 18.6. The molecule has 1 aliphatic carbocycles. The van der Waals surface area contributed by atoms with Crippen molar-refractivity contribution in [2.45, 2.75) is 18.6 Å². The molecule has 2 aliphatic rings. The van der Waals surface area contributed by atoms with Gasteiger partial charge in [0, 0.05) is 16.6 Å². The highest BCUT2D eigenvalue weighted by molar-refractivity contribution is 6.22. The second kappa shape index (κ2) is 13.6. The number of aliphatic imine (C=N–C) groups is 1. The molecule has 4 nitrogen and oxygen atoms in total. The molecule has 10 rings (SSSR count). The van der Waals surface area contributed by atoms with Gasteiger partial charge in [0.1, 0.15) is 11.4 Å². The predicted molar refractivity (Wildman–Crippen MR) is 224 cm³/mol. The van der Waals surface area contributed by atoms with E-state index < -0.39 is 0 Å². The molecule has 2 heterocycles. The van der Waals surface area contributed by atoms with Gasteiger partial charge in [-0.3, -0.25) is 4.90 Å². The first kappa shape index (κ1) is 31.8. The van der Waals surface area contributed by atoms with Crippen LogP contribution in [0.15, 0.2) is 210 Å². The van der Waals surface area contributed by atoms with Crippen molar-refractivity contribution in [2.75, 3.05) is 9.80 Å². The van der Waals surface area contributed by atoms with E-state index in [2.05, 4.69) is 210 Å². The van der Waals surface area contributed by atoms with Crippen LogP contribution in [0.4, 0.5) is 17.1 Å². The quantitative estimate of drug-likeness (QED) is 0.159. The number of para-hydroxylation sites is 1. The van der Waals surface area contributed by atoms with Crippen LogP contribution in [0.25, 0.3) is 38.6 Å². The minimum atomic E-state index is -0.159. The van der Waals surface area contributed by atoms with Crippen LogP contribution in [0.1, 0.15) is 29.3 Å². The molecule has 54 heavy (non-hydrogen) atoms. The summed E-state index contributed by atoms with van der Waals surface area (Å²) in [5.41, 5.74) is 12.0. The minimum Gasteiger partial charge on any atom is -0.454 e. The Morgan fingerprint density at radius 3 is 1.87 bits per heavy atom. The lowest BCUT2D eigenvalue weighted by Gasteiger charge is -2.41. The Bertz CT molecular complexity index is 2680. The Kier molecular flexibility index (Phi) is 7.99. The van der Waals surface area contributed by atoms with Gasteiger partial charge in [0.2, 0.25) is 0 Å². The van der Waals surface area contributed by atoms with Gasteiger partial charge >= 0.3 is 0 Å². The Morgan fingerprint density at radius 2 is 1.19 bits per heavy atom. The summed E-state index contributed by atoms with van der Waals surface area (Å²) in [6.07, 6.45) is 7.66. The lowest BCUT2D eigenvalue weighted by molar-refractivity contribution is 0.663. The van der Waals surface area contributed by atoms with E-state index in [4.69, 9.17) is 9.41 Å². The van der Waals surface area contributed by atoms with Crippen LogP contribution in [0, 0.1) is 0 Å². The van der Waals surface area contributed by atoms with Gasteiger partial charge in [0.05, 0.1) is 22.8 Å². The molecule has 0 bridgehead atoms. The summed E-state index contributed by atoms with van der Waals surface area (Å²) < 4.78 is 6.95. The average molecular weight is 696 g/mol. The molecule has 0 fully saturated rings. The maximum atomic E-state index is 6.95. The zero-order valence-electron chi connectivity index (χ0n) is 29.7. The SMILES string of the molecule is C1=CC(N(c2ccc(-c3ccccc3)cc2)c2ccc(N3C(c4ccccc4)=NC3c3ccccc3)c3c2oc2ccccc23)CC=C1c1ccccc1. The second-order valence-corrected chi connectivity index (χ2v) is 13.8. The van der Waals surface area contributed by atoms with Crippen molar-refractivity contribution >= 4 is 50.4 Å². The van der Waals surface area contributed by atoms with Crippen molar-refractivity contribution in [1.82, 2.24) is 0 Å². The highest BCUT2D eigenvalue weighted by atomic mass is 16.3. The number of furan rings is 1. The fraction of sp³-hybridized carbons (Fsp3) is 0.0600. The molecule has 258 valence electrons. The summed E-state index contributed by atoms with van der Waals surface area (Å²) in [5.74, 6) is 0.950. The highest BCUT2D eigenvalue weighted by Gasteiger charge is 2.37. The van der Waals surface area contributed by atoms with E-state index in [-0.39, 0.29) is 12.2 Å². The minimum absolute atomic E-state index is 0.0600. The van der Waals surface area contributed by atoms with Gasteiger partial charge in [0.15, 0.2) is 11.7 Å². The van der Waals surface area contributed by atoms with Crippen molar-refractivity contribution < 1.29 is 4.42 Å². The standard InChI is InChI=1S/C50H37N3O/c1-5-15-35(16-6-1)37-25-29-41(30-26-37)52(42-31-27-38(28-32-42)36-17-7-2-8-18-36)45-34-33-44(47-43-23-13-14-24-46(43)54-48(45)47)53-49(39-19-9-3-10-20-39)51-50(53)40-21-11-4-12-22-40/h1-31,33-34,42,49H,32H2. The monoisotopic (exact) mass is 695 g/mol. The third-order valence-corrected chi connectivity index (χ3v) is 10.6. The molecular weight excluding hydrogens is 659 g/mol. The van der Waals surface area contributed by atoms with E-state index in [1.807, 2.05) is 0 Å². The van der Waals surface area contributed by atoms with Gasteiger partial charge in [-0.1, -0.05) is 170 Å². The molecule has 0 N–H and O–H groups in total. The second-order valence-electron chi connectivity index (χ2n) is 13.8. The smallest absolute Gasteiger partial charge is 0.161 e. The summed E-state index contributed by atoms with van der Waals surface area (Å²) >= 11 is 0. The molecule has 7 aromatic carbocycles. The summed E-state index contributed by atoms with van der Waals surface area (Å²) in [7, 11) is 0. The summed E-state index contributed by atoms with van der Waals surface area (Å²) in [4.78, 5) is 10.1. The van der Waals surface area contributed by atoms with E-state index in [9.17, 15) is 0 Å². The van der Waals surface area contributed by atoms with Crippen LogP contribution >= 0.6 is 0 Å². The van der Waals surface area contributed by atoms with Gasteiger partial charge < -0.3 is 9.32 Å². The molecule has 0 amide bonds. The van der Waals surface area contributed by atoms with Gasteiger partial charge in [-0.15, -0.1) is 0 Å². The van der Waals surface area contributed by atoms with E-state index in [1.54, 1.807) is 0 Å². The average Bonchev–Trinajstić information content (AvgIpc) is 3.64. The molecule has 1 aromatic heterocycles. The number of allylic oxidation sites excluding steroid dienone is 2. The maximum Gasteiger partial charge on any atom is 0.161 e. The molecule has 1 aliphatic heterocycles. The van der Waals surface area contributed by atoms with Crippen molar-refractivity contribution in [1.29, 1.82) is 0 Å². The third kappa shape index (κ3) is 5.60. The summed E-state index contributed by atoms with van der Waals surface area (Å²) in [5, 5.41) is 2.17. The number of nitrogens with zero attached hydrogens (tertiary/aromatic N) is 3. The molecule has 0 radical (unpaired) electrons. The third-order valence-electron chi connectivity index (χ3n) is 10.6. The number of rotatable bonds is 8. The number of benzene rings is 7. The topological polar surface area (TPSA) is 32.0 Å². The number of anilines is 3. The van der Waals surface area contributed by atoms with Crippen LogP contribution in [0.5, 0.6) is 0 Å². The number of fused-ring (bicyclic) bond motifs is 3. The lowest BCUT2D eigenvalue weighted by atomic mass is 9.95. The van der Waals surface area contributed by atoms with Crippen molar-refractivity contribution in [3.8, 4) is 11.1 Å². The molecule has 0 saturated heterocycles. The molecule has 2 unspecified atom stereocenters. The summed E-state index contributed by atoms with van der Waals surface area (Å²) in [6.45, 7) is 0. The predicted octanol–water partition coefficient (Wildman–Crippen LogP) is 12.8. The Balaban J connectivity index is 1.14. The van der Waals surface area contributed by atoms with Gasteiger partial charge in [0.25, 0.3) is 0 Å². The zero-order chi connectivity index (χ0) is 35.8. The zero-order valence-corrected chi connectivity index (χ0v) is 29.7. The fourth-order valence-corrected chi connectivity index (χ4v) is 7.98. The molecule has 8 aromatic rings. The molecule has 0 spiro atoms. The van der Waals surface area contributed by atoms with Crippen LogP contribution < -0.4 is 9.80 Å². The van der Waals surface area contributed by atoms with Crippen LogP contribution in [0.3, 0.4) is 0 Å². The highest BCUT2D eigenvalue weighted by Crippen LogP contribution is 2.48. The molecule has 0 saturated carbocycles. The fourth-order valence-electron chi connectivity index (χ4n) is 7.98. The van der Waals surface area contributed by atoms with Crippen molar-refractivity contribution in [2.24, 2.45) is 4.99 Å². The molecular formula is C50H37N3O. The van der Waals surface area contributed by atoms with E-state index in [0.29, 0.717) is 0 Å².